The minimum atomic E-state index is -0.784. The Bertz CT molecular complexity index is 617. The Balaban J connectivity index is 1.60. The minimum Gasteiger partial charge on any atom is -0.493 e. The second-order valence-corrected chi connectivity index (χ2v) is 6.46. The van der Waals surface area contributed by atoms with Crippen molar-refractivity contribution in [3.8, 4) is 5.75 Å². The fourth-order valence-corrected chi connectivity index (χ4v) is 3.48. The van der Waals surface area contributed by atoms with E-state index in [2.05, 4.69) is 10.2 Å². The lowest BCUT2D eigenvalue weighted by Gasteiger charge is -2.34. The number of fused-ring (bicyclic) bond motifs is 1. The molecule has 1 saturated heterocycles. The molecule has 130 valence electrons. The number of carboxylic acid groups (broad SMARTS) is 1. The van der Waals surface area contributed by atoms with Crippen molar-refractivity contribution in [2.75, 3.05) is 25.0 Å². The molecule has 1 fully saturated rings. The number of nitrogens with one attached hydrogen (secondary N) is 1. The molecule has 0 aromatic heterocycles. The number of rotatable bonds is 6. The maximum Gasteiger partial charge on any atom is 0.303 e. The van der Waals surface area contributed by atoms with Crippen molar-refractivity contribution in [3.05, 3.63) is 23.8 Å². The quantitative estimate of drug-likeness (QED) is 0.835. The molecule has 0 saturated carbocycles. The van der Waals surface area contributed by atoms with E-state index in [0.717, 1.165) is 49.2 Å². The van der Waals surface area contributed by atoms with Gasteiger partial charge in [-0.3, -0.25) is 14.5 Å². The van der Waals surface area contributed by atoms with E-state index < -0.39 is 5.97 Å². The molecule has 24 heavy (non-hydrogen) atoms. The van der Waals surface area contributed by atoms with Crippen LogP contribution in [0.25, 0.3) is 0 Å². The second-order valence-electron chi connectivity index (χ2n) is 6.46. The summed E-state index contributed by atoms with van der Waals surface area (Å²) >= 11 is 0. The molecule has 0 spiro atoms. The number of hydrogen-bond acceptors (Lipinski definition) is 4. The molecule has 1 aromatic rings. The zero-order valence-electron chi connectivity index (χ0n) is 13.8. The van der Waals surface area contributed by atoms with Crippen LogP contribution in [0.5, 0.6) is 5.75 Å². The number of likely N-dealkylation sites (tertiary alicyclic amines) is 1. The van der Waals surface area contributed by atoms with Crippen LogP contribution in [0.3, 0.4) is 0 Å². The fraction of sp³-hybridized carbons (Fsp3) is 0.556. The first kappa shape index (κ1) is 16.8. The van der Waals surface area contributed by atoms with E-state index in [-0.39, 0.29) is 18.4 Å². The predicted molar refractivity (Wildman–Crippen MR) is 90.4 cm³/mol. The van der Waals surface area contributed by atoms with Gasteiger partial charge in [0.15, 0.2) is 0 Å². The summed E-state index contributed by atoms with van der Waals surface area (Å²) in [6.45, 7) is 2.21. The second kappa shape index (κ2) is 7.66. The van der Waals surface area contributed by atoms with Gasteiger partial charge in [0.25, 0.3) is 0 Å². The van der Waals surface area contributed by atoms with E-state index in [1.165, 1.54) is 0 Å². The summed E-state index contributed by atoms with van der Waals surface area (Å²) in [6, 6.07) is 5.60. The summed E-state index contributed by atoms with van der Waals surface area (Å²) in [7, 11) is 0. The standard InChI is InChI=1S/C18H24N2O4/c21-17(22)5-3-10-20-9-2-1-4-15(20)18(23)19-14-6-7-16-13(12-14)8-11-24-16/h6-7,12,15H,1-5,8-11H2,(H,19,23)(H,21,22). The molecular formula is C18H24N2O4. The molecule has 1 amide bonds. The topological polar surface area (TPSA) is 78.9 Å². The van der Waals surface area contributed by atoms with Gasteiger partial charge < -0.3 is 15.2 Å². The van der Waals surface area contributed by atoms with E-state index in [0.29, 0.717) is 19.6 Å². The van der Waals surface area contributed by atoms with Gasteiger partial charge in [0, 0.05) is 18.5 Å². The number of anilines is 1. The number of aliphatic carboxylic acids is 1. The molecule has 2 heterocycles. The molecule has 3 rings (SSSR count). The van der Waals surface area contributed by atoms with Gasteiger partial charge >= 0.3 is 5.97 Å². The van der Waals surface area contributed by atoms with Crippen molar-refractivity contribution in [2.45, 2.75) is 44.6 Å². The number of nitrogens with zero attached hydrogens (tertiary/aromatic N) is 1. The number of amides is 1. The summed E-state index contributed by atoms with van der Waals surface area (Å²) in [4.78, 5) is 25.5. The molecular weight excluding hydrogens is 308 g/mol. The normalized spacial score (nSPS) is 20.2. The number of hydrogen-bond donors (Lipinski definition) is 2. The summed E-state index contributed by atoms with van der Waals surface area (Å²) < 4.78 is 5.49. The lowest BCUT2D eigenvalue weighted by atomic mass is 10.0. The van der Waals surface area contributed by atoms with Crippen LogP contribution in [0.15, 0.2) is 18.2 Å². The smallest absolute Gasteiger partial charge is 0.303 e. The molecule has 1 aromatic carbocycles. The van der Waals surface area contributed by atoms with Crippen LogP contribution < -0.4 is 10.1 Å². The van der Waals surface area contributed by atoms with Crippen molar-refractivity contribution < 1.29 is 19.4 Å². The lowest BCUT2D eigenvalue weighted by Crippen LogP contribution is -2.47. The number of carboxylic acids is 1. The maximum atomic E-state index is 12.7. The average molecular weight is 332 g/mol. The van der Waals surface area contributed by atoms with E-state index >= 15 is 0 Å². The van der Waals surface area contributed by atoms with Crippen molar-refractivity contribution >= 4 is 17.6 Å². The maximum absolute atomic E-state index is 12.7. The zero-order chi connectivity index (χ0) is 16.9. The summed E-state index contributed by atoms with van der Waals surface area (Å²) in [5, 5.41) is 11.8. The third-order valence-electron chi connectivity index (χ3n) is 4.71. The highest BCUT2D eigenvalue weighted by molar-refractivity contribution is 5.95. The van der Waals surface area contributed by atoms with Crippen molar-refractivity contribution in [1.29, 1.82) is 0 Å². The third kappa shape index (κ3) is 4.06. The van der Waals surface area contributed by atoms with E-state index in [1.54, 1.807) is 0 Å². The average Bonchev–Trinajstić information content (AvgIpc) is 3.02. The Kier molecular flexibility index (Phi) is 5.35. The first-order valence-electron chi connectivity index (χ1n) is 8.66. The SMILES string of the molecule is O=C(O)CCCN1CCCCC1C(=O)Nc1ccc2c(c1)CCO2. The van der Waals surface area contributed by atoms with Gasteiger partial charge in [-0.15, -0.1) is 0 Å². The highest BCUT2D eigenvalue weighted by Crippen LogP contribution is 2.28. The van der Waals surface area contributed by atoms with Crippen molar-refractivity contribution in [3.63, 3.8) is 0 Å². The van der Waals surface area contributed by atoms with Gasteiger partial charge in [0.05, 0.1) is 12.6 Å². The third-order valence-corrected chi connectivity index (χ3v) is 4.71. The molecule has 0 bridgehead atoms. The number of ether oxygens (including phenoxy) is 1. The zero-order valence-corrected chi connectivity index (χ0v) is 13.8. The van der Waals surface area contributed by atoms with Gasteiger partial charge in [-0.2, -0.15) is 0 Å². The summed E-state index contributed by atoms with van der Waals surface area (Å²) in [5.74, 6) is 0.123. The van der Waals surface area contributed by atoms with Crippen molar-refractivity contribution in [1.82, 2.24) is 4.90 Å². The highest BCUT2D eigenvalue weighted by Gasteiger charge is 2.28. The Labute approximate surface area is 141 Å². The number of carbonyl (C=O) groups excluding carboxylic acids is 1. The van der Waals surface area contributed by atoms with Crippen molar-refractivity contribution in [2.24, 2.45) is 0 Å². The van der Waals surface area contributed by atoms with Crippen LogP contribution in [-0.4, -0.2) is 47.6 Å². The largest absolute Gasteiger partial charge is 0.493 e. The number of carbonyl (C=O) groups is 2. The van der Waals surface area contributed by atoms with Gasteiger partial charge in [-0.25, -0.2) is 0 Å². The Hall–Kier alpha value is -2.08. The molecule has 1 unspecified atom stereocenters. The van der Waals surface area contributed by atoms with Crippen LogP contribution in [0, 0.1) is 0 Å². The fourth-order valence-electron chi connectivity index (χ4n) is 3.48. The van der Waals surface area contributed by atoms with Gasteiger partial charge in [0.1, 0.15) is 5.75 Å². The van der Waals surface area contributed by atoms with Gasteiger partial charge in [-0.05, 0) is 56.1 Å². The monoisotopic (exact) mass is 332 g/mol. The Morgan fingerprint density at radius 1 is 1.33 bits per heavy atom. The molecule has 2 aliphatic heterocycles. The Morgan fingerprint density at radius 3 is 3.04 bits per heavy atom. The molecule has 2 aliphatic rings. The van der Waals surface area contributed by atoms with Crippen LogP contribution in [-0.2, 0) is 16.0 Å². The minimum absolute atomic E-state index is 0.00360. The first-order valence-corrected chi connectivity index (χ1v) is 8.66. The van der Waals surface area contributed by atoms with E-state index in [9.17, 15) is 9.59 Å². The lowest BCUT2D eigenvalue weighted by molar-refractivity contribution is -0.137. The van der Waals surface area contributed by atoms with Gasteiger partial charge in [-0.1, -0.05) is 6.42 Å². The molecule has 0 radical (unpaired) electrons. The molecule has 6 nitrogen and oxygen atoms in total. The first-order chi connectivity index (χ1) is 11.6. The number of piperidine rings is 1. The Morgan fingerprint density at radius 2 is 2.21 bits per heavy atom. The summed E-state index contributed by atoms with van der Waals surface area (Å²) in [6.07, 6.45) is 4.53. The van der Waals surface area contributed by atoms with Crippen LogP contribution in [0.4, 0.5) is 5.69 Å². The van der Waals surface area contributed by atoms with Crippen LogP contribution in [0.2, 0.25) is 0 Å². The van der Waals surface area contributed by atoms with Gasteiger partial charge in [0.2, 0.25) is 5.91 Å². The predicted octanol–water partition coefficient (Wildman–Crippen LogP) is 2.28. The number of benzene rings is 1. The highest BCUT2D eigenvalue weighted by atomic mass is 16.5. The van der Waals surface area contributed by atoms with Crippen LogP contribution in [0.1, 0.15) is 37.7 Å². The summed E-state index contributed by atoms with van der Waals surface area (Å²) in [5.41, 5.74) is 1.94. The van der Waals surface area contributed by atoms with Crippen LogP contribution >= 0.6 is 0 Å². The molecule has 2 N–H and O–H groups in total. The van der Waals surface area contributed by atoms with E-state index in [1.807, 2.05) is 18.2 Å². The molecule has 1 atom stereocenters. The van der Waals surface area contributed by atoms with E-state index in [4.69, 9.17) is 9.84 Å². The molecule has 0 aliphatic carbocycles. The molecule has 6 heteroatoms.